The molecule has 1 aromatic heterocycles. The third-order valence-electron chi connectivity index (χ3n) is 4.73. The Morgan fingerprint density at radius 1 is 1.18 bits per heavy atom. The molecule has 28 heavy (non-hydrogen) atoms. The van der Waals surface area contributed by atoms with Crippen LogP contribution in [0.2, 0.25) is 0 Å². The van der Waals surface area contributed by atoms with Crippen LogP contribution in [0.25, 0.3) is 0 Å². The second-order valence-electron chi connectivity index (χ2n) is 6.39. The van der Waals surface area contributed by atoms with Gasteiger partial charge in [-0.05, 0) is 61.0 Å². The minimum absolute atomic E-state index is 0.0268. The van der Waals surface area contributed by atoms with E-state index in [1.54, 1.807) is 42.3 Å². The van der Waals surface area contributed by atoms with E-state index in [0.717, 1.165) is 0 Å². The highest BCUT2D eigenvalue weighted by Crippen LogP contribution is 2.29. The van der Waals surface area contributed by atoms with Gasteiger partial charge in [-0.15, -0.1) is 0 Å². The molecule has 3 rings (SSSR count). The highest BCUT2D eigenvalue weighted by Gasteiger charge is 2.29. The number of ether oxygens (including phenoxy) is 1. The molecule has 0 unspecified atom stereocenters. The number of nitrogens with zero attached hydrogens (tertiary/aromatic N) is 2. The minimum atomic E-state index is -2.64. The molecule has 2 heterocycles. The topological polar surface area (TPSA) is 59.5 Å². The van der Waals surface area contributed by atoms with Crippen molar-refractivity contribution >= 4 is 23.5 Å². The van der Waals surface area contributed by atoms with E-state index in [9.17, 15) is 18.4 Å². The molecule has 1 aliphatic heterocycles. The number of methoxy groups -OCH3 is 1. The standard InChI is InChI=1S/C20H20F2N2O3S/c1-27-15-6-4-13(5-7-15)17(25)14-8-11-24(12-9-14)19(26)16-3-2-10-23-18(16)28-20(21)22/h2-7,10,14,20H,8-9,11-12H2,1H3. The van der Waals surface area contributed by atoms with Crippen molar-refractivity contribution in [1.29, 1.82) is 0 Å². The number of aromatic nitrogens is 1. The molecule has 0 bridgehead atoms. The number of amides is 1. The molecular formula is C20H20F2N2O3S. The first-order chi connectivity index (χ1) is 13.5. The number of rotatable bonds is 6. The number of carbonyl (C=O) groups excluding carboxylic acids is 2. The van der Waals surface area contributed by atoms with Crippen molar-refractivity contribution in [3.8, 4) is 5.75 Å². The van der Waals surface area contributed by atoms with Crippen LogP contribution >= 0.6 is 11.8 Å². The molecule has 1 amide bonds. The fourth-order valence-electron chi connectivity index (χ4n) is 3.24. The number of ketones is 1. The average molecular weight is 406 g/mol. The van der Waals surface area contributed by atoms with E-state index in [1.807, 2.05) is 0 Å². The number of benzene rings is 1. The normalized spacial score (nSPS) is 14.9. The predicted octanol–water partition coefficient (Wildman–Crippen LogP) is 4.14. The lowest BCUT2D eigenvalue weighted by Gasteiger charge is -2.31. The van der Waals surface area contributed by atoms with Gasteiger partial charge in [0.25, 0.3) is 11.7 Å². The number of Topliss-reactive ketones (excluding diaryl/α,β-unsaturated/α-hetero) is 1. The molecule has 1 aliphatic rings. The summed E-state index contributed by atoms with van der Waals surface area (Å²) in [6, 6.07) is 10.0. The number of alkyl halides is 2. The van der Waals surface area contributed by atoms with E-state index >= 15 is 0 Å². The van der Waals surface area contributed by atoms with Gasteiger partial charge >= 0.3 is 0 Å². The van der Waals surface area contributed by atoms with Crippen molar-refractivity contribution in [2.75, 3.05) is 20.2 Å². The maximum atomic E-state index is 12.7. The Balaban J connectivity index is 1.63. The van der Waals surface area contributed by atoms with Crippen molar-refractivity contribution in [3.05, 3.63) is 53.7 Å². The Bertz CT molecular complexity index is 838. The maximum Gasteiger partial charge on any atom is 0.290 e. The zero-order chi connectivity index (χ0) is 20.1. The summed E-state index contributed by atoms with van der Waals surface area (Å²) in [6.45, 7) is 0.804. The van der Waals surface area contributed by atoms with Crippen LogP contribution in [0.4, 0.5) is 8.78 Å². The highest BCUT2D eigenvalue weighted by molar-refractivity contribution is 7.99. The van der Waals surface area contributed by atoms with Gasteiger partial charge in [0.05, 0.1) is 12.7 Å². The number of hydrogen-bond acceptors (Lipinski definition) is 5. The Kier molecular flexibility index (Phi) is 6.61. The summed E-state index contributed by atoms with van der Waals surface area (Å²) in [6.07, 6.45) is 2.46. The van der Waals surface area contributed by atoms with Gasteiger partial charge < -0.3 is 9.64 Å². The van der Waals surface area contributed by atoms with Crippen LogP contribution in [0.15, 0.2) is 47.6 Å². The van der Waals surface area contributed by atoms with Gasteiger partial charge in [0.1, 0.15) is 10.8 Å². The van der Waals surface area contributed by atoms with Crippen molar-refractivity contribution in [2.24, 2.45) is 5.92 Å². The smallest absolute Gasteiger partial charge is 0.290 e. The Labute approximate surface area is 166 Å². The highest BCUT2D eigenvalue weighted by atomic mass is 32.2. The van der Waals surface area contributed by atoms with Crippen LogP contribution in [0.5, 0.6) is 5.75 Å². The molecule has 0 saturated carbocycles. The molecule has 0 N–H and O–H groups in total. The number of hydrogen-bond donors (Lipinski definition) is 0. The van der Waals surface area contributed by atoms with Gasteiger partial charge in [-0.2, -0.15) is 8.78 Å². The summed E-state index contributed by atoms with van der Waals surface area (Å²) in [5.41, 5.74) is 0.793. The average Bonchev–Trinajstić information content (AvgIpc) is 2.73. The minimum Gasteiger partial charge on any atom is -0.497 e. The summed E-state index contributed by atoms with van der Waals surface area (Å²) in [5.74, 6) is -2.40. The zero-order valence-corrected chi connectivity index (χ0v) is 16.1. The molecule has 1 aromatic carbocycles. The first-order valence-electron chi connectivity index (χ1n) is 8.87. The third kappa shape index (κ3) is 4.67. The van der Waals surface area contributed by atoms with Crippen molar-refractivity contribution in [1.82, 2.24) is 9.88 Å². The van der Waals surface area contributed by atoms with Gasteiger partial charge in [0, 0.05) is 30.8 Å². The van der Waals surface area contributed by atoms with Crippen LogP contribution < -0.4 is 4.74 Å². The molecule has 5 nitrogen and oxygen atoms in total. The summed E-state index contributed by atoms with van der Waals surface area (Å²) < 4.78 is 30.5. The summed E-state index contributed by atoms with van der Waals surface area (Å²) >= 11 is 0.267. The lowest BCUT2D eigenvalue weighted by molar-refractivity contribution is 0.0646. The van der Waals surface area contributed by atoms with Crippen LogP contribution in [-0.2, 0) is 0 Å². The largest absolute Gasteiger partial charge is 0.497 e. The van der Waals surface area contributed by atoms with Gasteiger partial charge in [-0.1, -0.05) is 0 Å². The fourth-order valence-corrected chi connectivity index (χ4v) is 3.81. The van der Waals surface area contributed by atoms with Crippen molar-refractivity contribution in [2.45, 2.75) is 23.6 Å². The number of carbonyl (C=O) groups is 2. The molecule has 8 heteroatoms. The van der Waals surface area contributed by atoms with Crippen LogP contribution in [0.1, 0.15) is 33.6 Å². The molecule has 1 fully saturated rings. The number of pyridine rings is 1. The Morgan fingerprint density at radius 2 is 1.86 bits per heavy atom. The van der Waals surface area contributed by atoms with Crippen molar-refractivity contribution < 1.29 is 23.1 Å². The first kappa shape index (κ1) is 20.3. The number of thioether (sulfide) groups is 1. The molecule has 0 atom stereocenters. The Morgan fingerprint density at radius 3 is 2.46 bits per heavy atom. The summed E-state index contributed by atoms with van der Waals surface area (Å²) in [7, 11) is 1.57. The Hall–Kier alpha value is -2.48. The van der Waals surface area contributed by atoms with Gasteiger partial charge in [-0.25, -0.2) is 4.98 Å². The van der Waals surface area contributed by atoms with Crippen molar-refractivity contribution in [3.63, 3.8) is 0 Å². The summed E-state index contributed by atoms with van der Waals surface area (Å²) in [5, 5.41) is 0.0268. The van der Waals surface area contributed by atoms with Crippen LogP contribution in [0.3, 0.4) is 0 Å². The first-order valence-corrected chi connectivity index (χ1v) is 9.75. The van der Waals surface area contributed by atoms with Gasteiger partial charge in [-0.3, -0.25) is 9.59 Å². The quantitative estimate of drug-likeness (QED) is 0.533. The third-order valence-corrected chi connectivity index (χ3v) is 5.46. The molecule has 0 spiro atoms. The van der Waals surface area contributed by atoms with E-state index in [2.05, 4.69) is 4.98 Å². The summed E-state index contributed by atoms with van der Waals surface area (Å²) in [4.78, 5) is 30.9. The fraction of sp³-hybridized carbons (Fsp3) is 0.350. The molecule has 0 radical (unpaired) electrons. The number of piperidine rings is 1. The second kappa shape index (κ2) is 9.14. The molecule has 148 valence electrons. The second-order valence-corrected chi connectivity index (χ2v) is 7.37. The van der Waals surface area contributed by atoms with E-state index in [4.69, 9.17) is 4.74 Å². The molecule has 1 saturated heterocycles. The molecule has 0 aliphatic carbocycles. The number of halogens is 2. The maximum absolute atomic E-state index is 12.7. The van der Waals surface area contributed by atoms with Crippen LogP contribution in [-0.4, -0.2) is 47.5 Å². The van der Waals surface area contributed by atoms with Crippen LogP contribution in [0, 0.1) is 5.92 Å². The molecular weight excluding hydrogens is 386 g/mol. The van der Waals surface area contributed by atoms with Gasteiger partial charge in [0.2, 0.25) is 0 Å². The SMILES string of the molecule is COc1ccc(C(=O)C2CCN(C(=O)c3cccnc3SC(F)F)CC2)cc1. The molecule has 2 aromatic rings. The lowest BCUT2D eigenvalue weighted by Crippen LogP contribution is -2.40. The van der Waals surface area contributed by atoms with E-state index < -0.39 is 5.76 Å². The number of likely N-dealkylation sites (tertiary alicyclic amines) is 1. The predicted molar refractivity (Wildman–Crippen MR) is 102 cm³/mol. The lowest BCUT2D eigenvalue weighted by atomic mass is 9.88. The van der Waals surface area contributed by atoms with E-state index in [0.29, 0.717) is 37.2 Å². The van der Waals surface area contributed by atoms with Gasteiger partial charge in [0.15, 0.2) is 5.78 Å². The monoisotopic (exact) mass is 406 g/mol. The zero-order valence-electron chi connectivity index (χ0n) is 15.3. The van der Waals surface area contributed by atoms with E-state index in [-0.39, 0.29) is 40.0 Å². The van der Waals surface area contributed by atoms with E-state index in [1.165, 1.54) is 12.3 Å².